The summed E-state index contributed by atoms with van der Waals surface area (Å²) in [7, 11) is 2.16. The summed E-state index contributed by atoms with van der Waals surface area (Å²) in [4.78, 5) is 12.8. The zero-order chi connectivity index (χ0) is 14.5. The molecule has 0 amide bonds. The van der Waals surface area contributed by atoms with Gasteiger partial charge in [0.1, 0.15) is 0 Å². The third-order valence-corrected chi connectivity index (χ3v) is 4.25. The average molecular weight is 273 g/mol. The Balaban J connectivity index is 2.00. The maximum atomic E-state index is 10.5. The number of carboxylic acid groups (broad SMARTS) is 1. The lowest BCUT2D eigenvalue weighted by molar-refractivity contribution is -0.131. The van der Waals surface area contributed by atoms with Crippen molar-refractivity contribution in [2.75, 3.05) is 11.9 Å². The molecule has 1 saturated carbocycles. The lowest BCUT2D eigenvalue weighted by atomic mass is 9.86. The van der Waals surface area contributed by atoms with E-state index >= 15 is 0 Å². The second kappa shape index (κ2) is 6.60. The van der Waals surface area contributed by atoms with Crippen molar-refractivity contribution in [2.45, 2.75) is 38.6 Å². The van der Waals surface area contributed by atoms with Gasteiger partial charge in [0.05, 0.1) is 0 Å². The summed E-state index contributed by atoms with van der Waals surface area (Å²) >= 11 is 0. The molecule has 0 heterocycles. The summed E-state index contributed by atoms with van der Waals surface area (Å²) in [6, 6.07) is 8.71. The van der Waals surface area contributed by atoms with Gasteiger partial charge in [0.15, 0.2) is 0 Å². The maximum Gasteiger partial charge on any atom is 0.328 e. The van der Waals surface area contributed by atoms with E-state index in [-0.39, 0.29) is 0 Å². The lowest BCUT2D eigenvalue weighted by Gasteiger charge is -2.35. The minimum atomic E-state index is -0.914. The molecular weight excluding hydrogens is 250 g/mol. The Morgan fingerprint density at radius 1 is 1.20 bits per heavy atom. The monoisotopic (exact) mass is 273 g/mol. The van der Waals surface area contributed by atoms with E-state index in [0.29, 0.717) is 6.04 Å². The Morgan fingerprint density at radius 3 is 2.35 bits per heavy atom. The molecular formula is C17H23NO2. The summed E-state index contributed by atoms with van der Waals surface area (Å²) in [5, 5.41) is 8.61. The van der Waals surface area contributed by atoms with Crippen molar-refractivity contribution >= 4 is 17.7 Å². The third kappa shape index (κ3) is 3.86. The van der Waals surface area contributed by atoms with Crippen molar-refractivity contribution in [3.8, 4) is 0 Å². The lowest BCUT2D eigenvalue weighted by Crippen LogP contribution is -2.34. The van der Waals surface area contributed by atoms with Crippen molar-refractivity contribution < 1.29 is 9.90 Å². The molecule has 2 rings (SSSR count). The fourth-order valence-corrected chi connectivity index (χ4v) is 2.83. The average Bonchev–Trinajstić information content (AvgIpc) is 2.46. The molecule has 1 N–H and O–H groups in total. The molecule has 3 heteroatoms. The largest absolute Gasteiger partial charge is 0.478 e. The van der Waals surface area contributed by atoms with Crippen LogP contribution in [0.3, 0.4) is 0 Å². The number of carboxylic acids is 1. The number of carbonyl (C=O) groups is 1. The van der Waals surface area contributed by atoms with Crippen LogP contribution in [-0.4, -0.2) is 24.2 Å². The molecule has 0 aliphatic heterocycles. The van der Waals surface area contributed by atoms with Crippen LogP contribution in [0, 0.1) is 5.92 Å². The summed E-state index contributed by atoms with van der Waals surface area (Å²) in [6.45, 7) is 2.33. The minimum Gasteiger partial charge on any atom is -0.478 e. The molecule has 0 bridgehead atoms. The van der Waals surface area contributed by atoms with Crippen LogP contribution in [0.25, 0.3) is 6.08 Å². The van der Waals surface area contributed by atoms with Gasteiger partial charge in [-0.15, -0.1) is 0 Å². The quantitative estimate of drug-likeness (QED) is 0.848. The van der Waals surface area contributed by atoms with Gasteiger partial charge in [0, 0.05) is 24.9 Å². The van der Waals surface area contributed by atoms with Crippen LogP contribution in [0.2, 0.25) is 0 Å². The molecule has 20 heavy (non-hydrogen) atoms. The minimum absolute atomic E-state index is 0.631. The Hall–Kier alpha value is -1.77. The standard InChI is InChI=1S/C17H23NO2/c1-13-3-8-15(9-4-13)18(2)16-10-5-14(6-11-16)7-12-17(19)20/h5-7,10-13,15H,3-4,8-9H2,1-2H3,(H,19,20). The first-order valence-corrected chi connectivity index (χ1v) is 7.30. The molecule has 1 aliphatic rings. The summed E-state index contributed by atoms with van der Waals surface area (Å²) < 4.78 is 0. The smallest absolute Gasteiger partial charge is 0.328 e. The van der Waals surface area contributed by atoms with Gasteiger partial charge in [-0.2, -0.15) is 0 Å². The van der Waals surface area contributed by atoms with E-state index in [1.165, 1.54) is 37.4 Å². The Bertz CT molecular complexity index is 470. The molecule has 0 spiro atoms. The number of aliphatic carboxylic acids is 1. The third-order valence-electron chi connectivity index (χ3n) is 4.25. The first-order valence-electron chi connectivity index (χ1n) is 7.30. The number of benzene rings is 1. The van der Waals surface area contributed by atoms with E-state index in [9.17, 15) is 4.79 Å². The van der Waals surface area contributed by atoms with E-state index in [4.69, 9.17) is 5.11 Å². The number of rotatable bonds is 4. The Labute approximate surface area is 120 Å². The van der Waals surface area contributed by atoms with E-state index in [2.05, 4.69) is 31.0 Å². The van der Waals surface area contributed by atoms with Crippen LogP contribution in [0.5, 0.6) is 0 Å². The summed E-state index contributed by atoms with van der Waals surface area (Å²) in [5.74, 6) is -0.0503. The van der Waals surface area contributed by atoms with Gasteiger partial charge >= 0.3 is 5.97 Å². The van der Waals surface area contributed by atoms with E-state index in [1.807, 2.05) is 12.1 Å². The number of hydrogen-bond acceptors (Lipinski definition) is 2. The molecule has 0 atom stereocenters. The first-order chi connectivity index (χ1) is 9.56. The van der Waals surface area contributed by atoms with Crippen molar-refractivity contribution in [2.24, 2.45) is 5.92 Å². The molecule has 0 aromatic heterocycles. The highest BCUT2D eigenvalue weighted by molar-refractivity contribution is 5.85. The Kier molecular flexibility index (Phi) is 4.83. The summed E-state index contributed by atoms with van der Waals surface area (Å²) in [5.41, 5.74) is 2.12. The van der Waals surface area contributed by atoms with Gasteiger partial charge < -0.3 is 10.0 Å². The van der Waals surface area contributed by atoms with Crippen LogP contribution in [0.15, 0.2) is 30.3 Å². The number of nitrogens with zero attached hydrogens (tertiary/aromatic N) is 1. The topological polar surface area (TPSA) is 40.5 Å². The van der Waals surface area contributed by atoms with Crippen molar-refractivity contribution in [3.05, 3.63) is 35.9 Å². The predicted octanol–water partition coefficient (Wildman–Crippen LogP) is 3.80. The maximum absolute atomic E-state index is 10.5. The molecule has 3 nitrogen and oxygen atoms in total. The number of anilines is 1. The fourth-order valence-electron chi connectivity index (χ4n) is 2.83. The SMILES string of the molecule is CC1CCC(N(C)c2ccc(C=CC(=O)O)cc2)CC1. The zero-order valence-electron chi connectivity index (χ0n) is 12.2. The van der Waals surface area contributed by atoms with E-state index < -0.39 is 5.97 Å². The van der Waals surface area contributed by atoms with Crippen LogP contribution in [0.1, 0.15) is 38.2 Å². The Morgan fingerprint density at radius 2 is 1.80 bits per heavy atom. The highest BCUT2D eigenvalue weighted by atomic mass is 16.4. The molecule has 1 fully saturated rings. The molecule has 108 valence electrons. The van der Waals surface area contributed by atoms with Crippen LogP contribution < -0.4 is 4.90 Å². The first kappa shape index (κ1) is 14.6. The van der Waals surface area contributed by atoms with Gasteiger partial charge in [-0.25, -0.2) is 4.79 Å². The van der Waals surface area contributed by atoms with Gasteiger partial charge in [-0.3, -0.25) is 0 Å². The normalized spacial score (nSPS) is 22.9. The van der Waals surface area contributed by atoms with Gasteiger partial charge in [-0.05, 0) is 55.4 Å². The van der Waals surface area contributed by atoms with E-state index in [1.54, 1.807) is 6.08 Å². The number of hydrogen-bond donors (Lipinski definition) is 1. The second-order valence-electron chi connectivity index (χ2n) is 5.79. The van der Waals surface area contributed by atoms with Crippen LogP contribution in [-0.2, 0) is 4.79 Å². The molecule has 0 saturated heterocycles. The van der Waals surface area contributed by atoms with Crippen LogP contribution in [0.4, 0.5) is 5.69 Å². The summed E-state index contributed by atoms with van der Waals surface area (Å²) in [6.07, 6.45) is 7.94. The van der Waals surface area contributed by atoms with Crippen LogP contribution >= 0.6 is 0 Å². The predicted molar refractivity (Wildman–Crippen MR) is 82.9 cm³/mol. The van der Waals surface area contributed by atoms with Crippen molar-refractivity contribution in [1.29, 1.82) is 0 Å². The zero-order valence-corrected chi connectivity index (χ0v) is 12.2. The van der Waals surface area contributed by atoms with Gasteiger partial charge in [-0.1, -0.05) is 19.1 Å². The van der Waals surface area contributed by atoms with Crippen molar-refractivity contribution in [3.63, 3.8) is 0 Å². The van der Waals surface area contributed by atoms with Crippen molar-refractivity contribution in [1.82, 2.24) is 0 Å². The second-order valence-corrected chi connectivity index (χ2v) is 5.79. The van der Waals surface area contributed by atoms with Gasteiger partial charge in [0.2, 0.25) is 0 Å². The highest BCUT2D eigenvalue weighted by Crippen LogP contribution is 2.29. The molecule has 1 aromatic rings. The molecule has 0 unspecified atom stereocenters. The molecule has 1 aliphatic carbocycles. The van der Waals surface area contributed by atoms with Gasteiger partial charge in [0.25, 0.3) is 0 Å². The fraction of sp³-hybridized carbons (Fsp3) is 0.471. The van der Waals surface area contributed by atoms with E-state index in [0.717, 1.165) is 11.5 Å². The molecule has 1 aromatic carbocycles. The highest BCUT2D eigenvalue weighted by Gasteiger charge is 2.21. The molecule has 0 radical (unpaired) electrons.